The molecule has 2 heterocycles. The van der Waals surface area contributed by atoms with E-state index in [1.807, 2.05) is 0 Å². The highest BCUT2D eigenvalue weighted by atomic mass is 127. The number of amides is 1. The summed E-state index contributed by atoms with van der Waals surface area (Å²) in [4.78, 5) is 23.7. The highest BCUT2D eigenvalue weighted by Crippen LogP contribution is 2.21. The monoisotopic (exact) mass is 393 g/mol. The second-order valence-electron chi connectivity index (χ2n) is 3.40. The Morgan fingerprint density at radius 2 is 2.17 bits per heavy atom. The third kappa shape index (κ3) is 3.09. The highest BCUT2D eigenvalue weighted by molar-refractivity contribution is 14.1. The number of thiophene rings is 2. The van der Waals surface area contributed by atoms with Crippen molar-refractivity contribution in [2.75, 3.05) is 0 Å². The first-order chi connectivity index (χ1) is 8.58. The van der Waals surface area contributed by atoms with Crippen molar-refractivity contribution in [2.45, 2.75) is 6.04 Å². The predicted molar refractivity (Wildman–Crippen MR) is 79.2 cm³/mol. The maximum absolute atomic E-state index is 11.9. The molecule has 0 saturated heterocycles. The minimum absolute atomic E-state index is 0.366. The Labute approximate surface area is 125 Å². The molecule has 0 bridgehead atoms. The molecule has 2 N–H and O–H groups in total. The molecular weight excluding hydrogens is 385 g/mol. The molecule has 0 spiro atoms. The zero-order valence-electron chi connectivity index (χ0n) is 8.92. The number of nitrogens with one attached hydrogen (secondary N) is 1. The maximum Gasteiger partial charge on any atom is 0.331 e. The molecule has 18 heavy (non-hydrogen) atoms. The van der Waals surface area contributed by atoms with Crippen molar-refractivity contribution in [1.29, 1.82) is 0 Å². The topological polar surface area (TPSA) is 66.4 Å². The third-order valence-corrected chi connectivity index (χ3v) is 4.91. The number of carboxylic acids is 1. The van der Waals surface area contributed by atoms with Gasteiger partial charge in [0.2, 0.25) is 0 Å². The van der Waals surface area contributed by atoms with Gasteiger partial charge in [-0.2, -0.15) is 0 Å². The zero-order chi connectivity index (χ0) is 13.1. The number of hydrogen-bond acceptors (Lipinski definition) is 4. The molecule has 0 aliphatic rings. The Kier molecular flexibility index (Phi) is 4.36. The molecule has 2 aromatic rings. The number of carboxylic acid groups (broad SMARTS) is 1. The van der Waals surface area contributed by atoms with Gasteiger partial charge in [0.05, 0.1) is 8.45 Å². The van der Waals surface area contributed by atoms with Crippen LogP contribution < -0.4 is 5.32 Å². The predicted octanol–water partition coefficient (Wildman–Crippen LogP) is 2.97. The van der Waals surface area contributed by atoms with Gasteiger partial charge in [-0.15, -0.1) is 22.7 Å². The van der Waals surface area contributed by atoms with Crippen molar-refractivity contribution < 1.29 is 14.7 Å². The van der Waals surface area contributed by atoms with Crippen molar-refractivity contribution in [3.8, 4) is 0 Å². The fourth-order valence-corrected chi connectivity index (χ4v) is 3.45. The second-order valence-corrected chi connectivity index (χ2v) is 7.18. The molecule has 1 amide bonds. The summed E-state index contributed by atoms with van der Waals surface area (Å²) in [5.74, 6) is -1.43. The van der Waals surface area contributed by atoms with Gasteiger partial charge in [0.25, 0.3) is 5.91 Å². The van der Waals surface area contributed by atoms with E-state index in [0.717, 1.165) is 2.88 Å². The van der Waals surface area contributed by atoms with Crippen LogP contribution in [0.4, 0.5) is 0 Å². The van der Waals surface area contributed by atoms with E-state index in [-0.39, 0.29) is 5.91 Å². The van der Waals surface area contributed by atoms with Crippen molar-refractivity contribution >= 4 is 57.1 Å². The van der Waals surface area contributed by atoms with Crippen LogP contribution in [-0.2, 0) is 4.79 Å². The zero-order valence-corrected chi connectivity index (χ0v) is 12.7. The molecule has 1 atom stereocenters. The molecule has 0 aliphatic carbocycles. The van der Waals surface area contributed by atoms with Gasteiger partial charge in [0.1, 0.15) is 0 Å². The fourth-order valence-electron chi connectivity index (χ4n) is 1.35. The number of hydrogen-bond donors (Lipinski definition) is 2. The summed E-state index contributed by atoms with van der Waals surface area (Å²) in [6.07, 6.45) is 0. The normalized spacial score (nSPS) is 12.1. The van der Waals surface area contributed by atoms with E-state index in [9.17, 15) is 9.59 Å². The van der Waals surface area contributed by atoms with Gasteiger partial charge >= 0.3 is 5.97 Å². The Hall–Kier alpha value is -0.930. The summed E-state index contributed by atoms with van der Waals surface area (Å²) in [7, 11) is 0. The van der Waals surface area contributed by atoms with Gasteiger partial charge in [0.15, 0.2) is 6.04 Å². The van der Waals surface area contributed by atoms with E-state index in [1.165, 1.54) is 22.7 Å². The smallest absolute Gasteiger partial charge is 0.331 e. The van der Waals surface area contributed by atoms with Gasteiger partial charge in [-0.05, 0) is 40.1 Å². The Morgan fingerprint density at radius 3 is 2.67 bits per heavy atom. The molecule has 0 aliphatic heterocycles. The van der Waals surface area contributed by atoms with Crippen LogP contribution in [0.5, 0.6) is 0 Å². The van der Waals surface area contributed by atoms with E-state index in [4.69, 9.17) is 5.11 Å². The first-order valence-electron chi connectivity index (χ1n) is 4.89. The lowest BCUT2D eigenvalue weighted by Crippen LogP contribution is -2.32. The van der Waals surface area contributed by atoms with Crippen LogP contribution in [0.2, 0.25) is 0 Å². The Morgan fingerprint density at radius 1 is 1.39 bits per heavy atom. The fraction of sp³-hybridized carbons (Fsp3) is 0.0909. The van der Waals surface area contributed by atoms with Gasteiger partial charge in [0, 0.05) is 10.3 Å². The summed E-state index contributed by atoms with van der Waals surface area (Å²) in [6, 6.07) is 4.19. The Balaban J connectivity index is 2.15. The van der Waals surface area contributed by atoms with Crippen LogP contribution in [0.15, 0.2) is 29.0 Å². The van der Waals surface area contributed by atoms with E-state index in [1.54, 1.807) is 29.0 Å². The Bertz CT molecular complexity index is 565. The summed E-state index contributed by atoms with van der Waals surface area (Å²) in [5, 5.41) is 15.2. The number of aliphatic carboxylic acids is 1. The summed E-state index contributed by atoms with van der Waals surface area (Å²) >= 11 is 4.87. The molecule has 7 heteroatoms. The lowest BCUT2D eigenvalue weighted by molar-refractivity contribution is -0.139. The first kappa shape index (κ1) is 13.5. The van der Waals surface area contributed by atoms with Crippen molar-refractivity contribution in [3.63, 3.8) is 0 Å². The highest BCUT2D eigenvalue weighted by Gasteiger charge is 2.23. The van der Waals surface area contributed by atoms with E-state index in [0.29, 0.717) is 10.4 Å². The van der Waals surface area contributed by atoms with Crippen LogP contribution in [0.1, 0.15) is 21.3 Å². The molecule has 2 aromatic heterocycles. The molecular formula is C11H8INO3S2. The van der Waals surface area contributed by atoms with Gasteiger partial charge < -0.3 is 10.4 Å². The minimum Gasteiger partial charge on any atom is -0.479 e. The average Bonchev–Trinajstić information content (AvgIpc) is 2.95. The van der Waals surface area contributed by atoms with Crippen LogP contribution in [-0.4, -0.2) is 17.0 Å². The number of carbonyl (C=O) groups is 2. The van der Waals surface area contributed by atoms with E-state index < -0.39 is 12.0 Å². The summed E-state index contributed by atoms with van der Waals surface area (Å²) < 4.78 is 0.987. The summed E-state index contributed by atoms with van der Waals surface area (Å²) in [6.45, 7) is 0. The summed E-state index contributed by atoms with van der Waals surface area (Å²) in [5.41, 5.74) is 0.493. The van der Waals surface area contributed by atoms with Crippen LogP contribution in [0, 0.1) is 2.88 Å². The second kappa shape index (κ2) is 5.81. The largest absolute Gasteiger partial charge is 0.479 e. The van der Waals surface area contributed by atoms with Crippen molar-refractivity contribution in [1.82, 2.24) is 5.32 Å². The van der Waals surface area contributed by atoms with Crippen molar-refractivity contribution in [3.05, 3.63) is 42.3 Å². The quantitative estimate of drug-likeness (QED) is 0.786. The van der Waals surface area contributed by atoms with E-state index >= 15 is 0 Å². The molecule has 4 nitrogen and oxygen atoms in total. The lowest BCUT2D eigenvalue weighted by atomic mass is 10.2. The number of rotatable bonds is 4. The first-order valence-corrected chi connectivity index (χ1v) is 7.73. The molecule has 0 radical (unpaired) electrons. The van der Waals surface area contributed by atoms with Gasteiger partial charge in [-0.3, -0.25) is 4.79 Å². The molecule has 0 aromatic carbocycles. The molecule has 94 valence electrons. The van der Waals surface area contributed by atoms with Crippen LogP contribution in [0.25, 0.3) is 0 Å². The lowest BCUT2D eigenvalue weighted by Gasteiger charge is -2.12. The third-order valence-electron chi connectivity index (χ3n) is 2.18. The van der Waals surface area contributed by atoms with Crippen LogP contribution >= 0.6 is 45.3 Å². The SMILES string of the molecule is O=C(NC(C(=O)O)c1cccs1)c1csc(I)c1. The van der Waals surface area contributed by atoms with Crippen LogP contribution in [0.3, 0.4) is 0 Å². The minimum atomic E-state index is -1.06. The average molecular weight is 393 g/mol. The number of halogens is 1. The molecule has 0 fully saturated rings. The standard InChI is InChI=1S/C11H8INO3S2/c12-8-4-6(5-18-8)10(14)13-9(11(15)16)7-2-1-3-17-7/h1-5,9H,(H,13,14)(H,15,16). The maximum atomic E-state index is 11.9. The molecule has 1 unspecified atom stereocenters. The van der Waals surface area contributed by atoms with Gasteiger partial charge in [-0.1, -0.05) is 6.07 Å². The van der Waals surface area contributed by atoms with Crippen molar-refractivity contribution in [2.24, 2.45) is 0 Å². The van der Waals surface area contributed by atoms with Gasteiger partial charge in [-0.25, -0.2) is 4.79 Å². The number of carbonyl (C=O) groups excluding carboxylic acids is 1. The molecule has 2 rings (SSSR count). The van der Waals surface area contributed by atoms with E-state index in [2.05, 4.69) is 27.9 Å². The molecule has 0 saturated carbocycles.